The van der Waals surface area contributed by atoms with Gasteiger partial charge in [-0.3, -0.25) is 4.79 Å². The van der Waals surface area contributed by atoms with E-state index in [1.54, 1.807) is 24.5 Å². The number of rotatable bonds is 3. The maximum absolute atomic E-state index is 12.1. The minimum atomic E-state index is -0.485. The fraction of sp³-hybridized carbons (Fsp3) is 0.250. The summed E-state index contributed by atoms with van der Waals surface area (Å²) < 4.78 is 0.641. The summed E-state index contributed by atoms with van der Waals surface area (Å²) in [5, 5.41) is 5.74. The molecule has 0 saturated heterocycles. The van der Waals surface area contributed by atoms with E-state index < -0.39 is 5.54 Å². The summed E-state index contributed by atoms with van der Waals surface area (Å²) in [4.78, 5) is 20.4. The predicted octanol–water partition coefficient (Wildman–Crippen LogP) is 2.97. The number of carbonyl (C=O) groups excluding carboxylic acids is 1. The number of aromatic nitrogens is 2. The van der Waals surface area contributed by atoms with E-state index in [4.69, 9.17) is 0 Å². The average molecular weight is 326 g/mol. The Hall–Kier alpha value is -1.27. The van der Waals surface area contributed by atoms with Crippen LogP contribution in [0.15, 0.2) is 34.5 Å². The van der Waals surface area contributed by atoms with Crippen LogP contribution in [0.4, 0.5) is 0 Å². The molecule has 1 N–H and O–H groups in total. The summed E-state index contributed by atoms with van der Waals surface area (Å²) in [6.07, 6.45) is 3.33. The second kappa shape index (κ2) is 5.16. The smallest absolute Gasteiger partial charge is 0.252 e. The van der Waals surface area contributed by atoms with Gasteiger partial charge < -0.3 is 5.32 Å². The van der Waals surface area contributed by atoms with Gasteiger partial charge in [0, 0.05) is 23.3 Å². The molecule has 0 aliphatic carbocycles. The minimum absolute atomic E-state index is 0.140. The van der Waals surface area contributed by atoms with Crippen molar-refractivity contribution in [1.82, 2.24) is 15.3 Å². The molecule has 6 heteroatoms. The number of hydrogen-bond donors (Lipinski definition) is 1. The Morgan fingerprint density at radius 1 is 1.39 bits per heavy atom. The number of amides is 1. The highest BCUT2D eigenvalue weighted by Crippen LogP contribution is 2.22. The van der Waals surface area contributed by atoms with Crippen molar-refractivity contribution < 1.29 is 4.79 Å². The second-order valence-electron chi connectivity index (χ2n) is 4.28. The first-order chi connectivity index (χ1) is 8.49. The quantitative estimate of drug-likeness (QED) is 0.882. The molecule has 0 atom stereocenters. The first-order valence-electron chi connectivity index (χ1n) is 5.33. The van der Waals surface area contributed by atoms with Gasteiger partial charge in [0.25, 0.3) is 5.91 Å². The number of thiazole rings is 1. The van der Waals surface area contributed by atoms with E-state index in [9.17, 15) is 4.79 Å². The largest absolute Gasteiger partial charge is 0.341 e. The van der Waals surface area contributed by atoms with Crippen LogP contribution in [0.25, 0.3) is 0 Å². The second-order valence-corrected chi connectivity index (χ2v) is 5.99. The highest BCUT2D eigenvalue weighted by atomic mass is 79.9. The SMILES string of the molecule is CC(C)(NC(=O)c1ccnc(Br)c1)c1nccs1. The molecule has 4 nitrogen and oxygen atoms in total. The molecule has 0 bridgehead atoms. The van der Waals surface area contributed by atoms with Gasteiger partial charge in [-0.05, 0) is 41.9 Å². The minimum Gasteiger partial charge on any atom is -0.341 e. The van der Waals surface area contributed by atoms with Gasteiger partial charge in [0.1, 0.15) is 9.61 Å². The zero-order valence-electron chi connectivity index (χ0n) is 9.98. The van der Waals surface area contributed by atoms with E-state index in [2.05, 4.69) is 31.2 Å². The maximum Gasteiger partial charge on any atom is 0.252 e. The third-order valence-electron chi connectivity index (χ3n) is 2.38. The summed E-state index contributed by atoms with van der Waals surface area (Å²) in [6.45, 7) is 3.86. The van der Waals surface area contributed by atoms with E-state index in [1.165, 1.54) is 11.3 Å². The van der Waals surface area contributed by atoms with Crippen LogP contribution in [0.3, 0.4) is 0 Å². The van der Waals surface area contributed by atoms with Crippen molar-refractivity contribution >= 4 is 33.2 Å². The lowest BCUT2D eigenvalue weighted by Gasteiger charge is -2.23. The van der Waals surface area contributed by atoms with Crippen LogP contribution in [0.5, 0.6) is 0 Å². The molecule has 0 aliphatic rings. The van der Waals surface area contributed by atoms with Gasteiger partial charge in [-0.2, -0.15) is 0 Å². The van der Waals surface area contributed by atoms with E-state index in [0.717, 1.165) is 5.01 Å². The van der Waals surface area contributed by atoms with Gasteiger partial charge in [-0.1, -0.05) is 0 Å². The summed E-state index contributed by atoms with van der Waals surface area (Å²) in [7, 11) is 0. The van der Waals surface area contributed by atoms with Gasteiger partial charge in [0.15, 0.2) is 0 Å². The monoisotopic (exact) mass is 325 g/mol. The van der Waals surface area contributed by atoms with Crippen molar-refractivity contribution in [3.05, 3.63) is 45.1 Å². The average Bonchev–Trinajstić information content (AvgIpc) is 2.82. The number of carbonyl (C=O) groups is 1. The third kappa shape index (κ3) is 2.94. The lowest BCUT2D eigenvalue weighted by atomic mass is 10.1. The molecule has 0 saturated carbocycles. The molecule has 0 aliphatic heterocycles. The summed E-state index contributed by atoms with van der Waals surface area (Å²) in [5.41, 5.74) is 0.0857. The fourth-order valence-corrected chi connectivity index (χ4v) is 2.57. The van der Waals surface area contributed by atoms with Crippen LogP contribution in [0.2, 0.25) is 0 Å². The Labute approximate surface area is 118 Å². The van der Waals surface area contributed by atoms with Crippen molar-refractivity contribution in [2.24, 2.45) is 0 Å². The molecule has 2 rings (SSSR count). The standard InChI is InChI=1S/C12H12BrN3OS/c1-12(2,11-15-5-6-18-11)16-10(17)8-3-4-14-9(13)7-8/h3-7H,1-2H3,(H,16,17). The Morgan fingerprint density at radius 2 is 2.17 bits per heavy atom. The van der Waals surface area contributed by atoms with E-state index in [0.29, 0.717) is 10.2 Å². The predicted molar refractivity (Wildman–Crippen MR) is 74.5 cm³/mol. The molecule has 18 heavy (non-hydrogen) atoms. The Kier molecular flexibility index (Phi) is 3.77. The van der Waals surface area contributed by atoms with Gasteiger partial charge >= 0.3 is 0 Å². The van der Waals surface area contributed by atoms with Crippen LogP contribution in [-0.2, 0) is 5.54 Å². The lowest BCUT2D eigenvalue weighted by molar-refractivity contribution is 0.0911. The molecule has 0 unspecified atom stereocenters. The van der Waals surface area contributed by atoms with Crippen LogP contribution < -0.4 is 5.32 Å². The van der Waals surface area contributed by atoms with Crippen molar-refractivity contribution in [3.8, 4) is 0 Å². The van der Waals surface area contributed by atoms with Gasteiger partial charge in [-0.15, -0.1) is 11.3 Å². The molecule has 2 aromatic rings. The highest BCUT2D eigenvalue weighted by Gasteiger charge is 2.25. The van der Waals surface area contributed by atoms with Crippen molar-refractivity contribution in [2.45, 2.75) is 19.4 Å². The number of nitrogens with one attached hydrogen (secondary N) is 1. The molecule has 94 valence electrons. The van der Waals surface area contributed by atoms with Crippen LogP contribution in [-0.4, -0.2) is 15.9 Å². The molecule has 1 amide bonds. The first kappa shape index (κ1) is 13.2. The summed E-state index contributed by atoms with van der Waals surface area (Å²) in [5.74, 6) is -0.140. The Morgan fingerprint density at radius 3 is 2.78 bits per heavy atom. The fourth-order valence-electron chi connectivity index (χ4n) is 1.49. The molecule has 2 aromatic heterocycles. The number of halogens is 1. The Balaban J connectivity index is 2.17. The molecule has 0 fully saturated rings. The van der Waals surface area contributed by atoms with Crippen molar-refractivity contribution in [3.63, 3.8) is 0 Å². The molecule has 0 aromatic carbocycles. The first-order valence-corrected chi connectivity index (χ1v) is 7.00. The molecule has 0 radical (unpaired) electrons. The topological polar surface area (TPSA) is 54.9 Å². The Bertz CT molecular complexity index is 554. The molecule has 0 spiro atoms. The highest BCUT2D eigenvalue weighted by molar-refractivity contribution is 9.10. The zero-order valence-corrected chi connectivity index (χ0v) is 12.4. The van der Waals surface area contributed by atoms with Gasteiger partial charge in [0.2, 0.25) is 0 Å². The molecular weight excluding hydrogens is 314 g/mol. The number of hydrogen-bond acceptors (Lipinski definition) is 4. The molecular formula is C12H12BrN3OS. The van der Waals surface area contributed by atoms with E-state index in [-0.39, 0.29) is 5.91 Å². The third-order valence-corrected chi connectivity index (χ3v) is 3.91. The summed E-state index contributed by atoms with van der Waals surface area (Å²) >= 11 is 4.77. The van der Waals surface area contributed by atoms with Crippen molar-refractivity contribution in [2.75, 3.05) is 0 Å². The van der Waals surface area contributed by atoms with Crippen LogP contribution >= 0.6 is 27.3 Å². The van der Waals surface area contributed by atoms with E-state index >= 15 is 0 Å². The number of nitrogens with zero attached hydrogens (tertiary/aromatic N) is 2. The van der Waals surface area contributed by atoms with Crippen LogP contribution in [0.1, 0.15) is 29.2 Å². The van der Waals surface area contributed by atoms with Crippen molar-refractivity contribution in [1.29, 1.82) is 0 Å². The number of pyridine rings is 1. The normalized spacial score (nSPS) is 11.3. The zero-order chi connectivity index (χ0) is 13.2. The maximum atomic E-state index is 12.1. The lowest BCUT2D eigenvalue weighted by Crippen LogP contribution is -2.40. The summed E-state index contributed by atoms with van der Waals surface area (Å²) in [6, 6.07) is 3.37. The van der Waals surface area contributed by atoms with Gasteiger partial charge in [0.05, 0.1) is 5.54 Å². The van der Waals surface area contributed by atoms with Gasteiger partial charge in [-0.25, -0.2) is 9.97 Å². The van der Waals surface area contributed by atoms with Crippen LogP contribution in [0, 0.1) is 0 Å². The van der Waals surface area contributed by atoms with E-state index in [1.807, 2.05) is 19.2 Å². The molecule has 2 heterocycles.